The van der Waals surface area contributed by atoms with Gasteiger partial charge in [-0.2, -0.15) is 0 Å². The monoisotopic (exact) mass is 220 g/mol. The third-order valence-electron chi connectivity index (χ3n) is 1.95. The molecule has 0 aliphatic carbocycles. The summed E-state index contributed by atoms with van der Waals surface area (Å²) in [7, 11) is 0. The van der Waals surface area contributed by atoms with Crippen LogP contribution in [0.25, 0.3) is 0 Å². The second kappa shape index (κ2) is 14.0. The Morgan fingerprint density at radius 3 is 1.31 bits per heavy atom. The zero-order chi connectivity index (χ0) is 12.8. The van der Waals surface area contributed by atoms with E-state index in [1.54, 1.807) is 0 Å². The summed E-state index contributed by atoms with van der Waals surface area (Å²) in [4.78, 5) is 0. The van der Waals surface area contributed by atoms with Crippen LogP contribution in [0.4, 0.5) is 0 Å². The maximum absolute atomic E-state index is 3.79. The fourth-order valence-electron chi connectivity index (χ4n) is 0.993. The Bertz CT molecular complexity index is 202. The summed E-state index contributed by atoms with van der Waals surface area (Å²) >= 11 is 0. The first-order valence-electron chi connectivity index (χ1n) is 6.05. The van der Waals surface area contributed by atoms with Crippen molar-refractivity contribution < 1.29 is 0 Å². The smallest absolute Gasteiger partial charge is 0.0291 e. The van der Waals surface area contributed by atoms with Crippen molar-refractivity contribution in [1.82, 2.24) is 0 Å². The second-order valence-corrected chi connectivity index (χ2v) is 4.13. The van der Waals surface area contributed by atoms with Gasteiger partial charge in [-0.15, -0.1) is 13.2 Å². The van der Waals surface area contributed by atoms with Crippen LogP contribution in [0.2, 0.25) is 0 Å². The molecule has 0 radical (unpaired) electrons. The van der Waals surface area contributed by atoms with Crippen LogP contribution in [0.5, 0.6) is 0 Å². The summed E-state index contributed by atoms with van der Waals surface area (Å²) in [6.07, 6.45) is 13.0. The molecule has 0 aliphatic rings. The van der Waals surface area contributed by atoms with Crippen molar-refractivity contribution in [2.75, 3.05) is 0 Å². The third-order valence-corrected chi connectivity index (χ3v) is 1.95. The average molecular weight is 220 g/mol. The Kier molecular flexibility index (Phi) is 15.1. The van der Waals surface area contributed by atoms with Gasteiger partial charge in [-0.3, -0.25) is 0 Å². The van der Waals surface area contributed by atoms with Gasteiger partial charge >= 0.3 is 0 Å². The maximum Gasteiger partial charge on any atom is -0.0291 e. The van der Waals surface area contributed by atoms with E-state index in [4.69, 9.17) is 0 Å². The topological polar surface area (TPSA) is 0 Å². The van der Waals surface area contributed by atoms with Gasteiger partial charge in [0.2, 0.25) is 0 Å². The summed E-state index contributed by atoms with van der Waals surface area (Å²) in [5, 5.41) is 0. The van der Waals surface area contributed by atoms with Crippen molar-refractivity contribution in [3.63, 3.8) is 0 Å². The van der Waals surface area contributed by atoms with E-state index in [1.165, 1.54) is 11.1 Å². The molecule has 0 unspecified atom stereocenters. The molecule has 0 nitrogen and oxygen atoms in total. The lowest BCUT2D eigenvalue weighted by Gasteiger charge is -1.90. The molecule has 0 aromatic rings. The van der Waals surface area contributed by atoms with Crippen LogP contribution in [0.1, 0.15) is 53.4 Å². The summed E-state index contributed by atoms with van der Waals surface area (Å²) < 4.78 is 0. The van der Waals surface area contributed by atoms with Gasteiger partial charge < -0.3 is 0 Å². The van der Waals surface area contributed by atoms with Gasteiger partial charge in [-0.1, -0.05) is 35.5 Å². The first-order chi connectivity index (χ1) is 7.54. The highest BCUT2D eigenvalue weighted by atomic mass is 13.9. The normalized spacial score (nSPS) is 10.2. The van der Waals surface area contributed by atoms with Crippen molar-refractivity contribution in [3.8, 4) is 0 Å². The molecule has 0 heteroatoms. The third kappa shape index (κ3) is 23.1. The molecule has 0 aromatic carbocycles. The minimum atomic E-state index is 1.13. The first-order valence-corrected chi connectivity index (χ1v) is 6.05. The molecule has 92 valence electrons. The Labute approximate surface area is 102 Å². The second-order valence-electron chi connectivity index (χ2n) is 4.13. The lowest BCUT2D eigenvalue weighted by molar-refractivity contribution is 0.982. The van der Waals surface area contributed by atoms with E-state index in [9.17, 15) is 0 Å². The summed E-state index contributed by atoms with van der Waals surface area (Å²) in [6.45, 7) is 15.8. The molecule has 0 aliphatic heterocycles. The van der Waals surface area contributed by atoms with E-state index in [0.29, 0.717) is 0 Å². The van der Waals surface area contributed by atoms with Gasteiger partial charge in [0.15, 0.2) is 0 Å². The highest BCUT2D eigenvalue weighted by Gasteiger charge is 1.80. The van der Waals surface area contributed by atoms with Crippen molar-refractivity contribution >= 4 is 0 Å². The van der Waals surface area contributed by atoms with Crippen molar-refractivity contribution in [3.05, 3.63) is 48.6 Å². The fourth-order valence-corrected chi connectivity index (χ4v) is 0.993. The molecule has 0 saturated carbocycles. The van der Waals surface area contributed by atoms with Gasteiger partial charge in [-0.05, 0) is 53.4 Å². The summed E-state index contributed by atoms with van der Waals surface area (Å²) in [5.74, 6) is 0. The van der Waals surface area contributed by atoms with Crippen LogP contribution in [0, 0.1) is 0 Å². The molecule has 0 fully saturated rings. The fraction of sp³-hybridized carbons (Fsp3) is 0.500. The summed E-state index contributed by atoms with van der Waals surface area (Å²) in [6, 6.07) is 0. The van der Waals surface area contributed by atoms with Gasteiger partial charge in [0.05, 0.1) is 0 Å². The molecule has 0 rings (SSSR count). The van der Waals surface area contributed by atoms with E-state index in [1.807, 2.05) is 13.8 Å². The number of allylic oxidation sites excluding steroid dienone is 6. The first kappa shape index (κ1) is 17.4. The predicted molar refractivity (Wildman–Crippen MR) is 77.7 cm³/mol. The molecule has 0 spiro atoms. The van der Waals surface area contributed by atoms with Gasteiger partial charge in [0.1, 0.15) is 0 Å². The van der Waals surface area contributed by atoms with Crippen LogP contribution >= 0.6 is 0 Å². The summed E-state index contributed by atoms with van der Waals surface area (Å²) in [5.41, 5.74) is 2.53. The molecular formula is C16H28. The molecule has 0 saturated heterocycles. The Morgan fingerprint density at radius 1 is 0.812 bits per heavy atom. The quantitative estimate of drug-likeness (QED) is 0.493. The van der Waals surface area contributed by atoms with Gasteiger partial charge in [0, 0.05) is 0 Å². The highest BCUT2D eigenvalue weighted by Crippen LogP contribution is 2.00. The van der Waals surface area contributed by atoms with Gasteiger partial charge in [-0.25, -0.2) is 0 Å². The molecule has 0 bridgehead atoms. The minimum Gasteiger partial charge on any atom is -0.100 e. The Hall–Kier alpha value is -1.04. The Balaban J connectivity index is 0. The van der Waals surface area contributed by atoms with Crippen LogP contribution in [-0.4, -0.2) is 0 Å². The molecule has 0 N–H and O–H groups in total. The minimum absolute atomic E-state index is 1.13. The van der Waals surface area contributed by atoms with Crippen LogP contribution in [0.3, 0.4) is 0 Å². The van der Waals surface area contributed by atoms with E-state index in [0.717, 1.165) is 25.7 Å². The van der Waals surface area contributed by atoms with E-state index >= 15 is 0 Å². The SMILES string of the molecule is C=C(C)CCC=CC.C=C(C)CCC=CC. The molecule has 16 heavy (non-hydrogen) atoms. The van der Waals surface area contributed by atoms with Crippen molar-refractivity contribution in [2.24, 2.45) is 0 Å². The number of hydrogen-bond acceptors (Lipinski definition) is 0. The lowest BCUT2D eigenvalue weighted by atomic mass is 10.2. The van der Waals surface area contributed by atoms with Crippen LogP contribution < -0.4 is 0 Å². The zero-order valence-electron chi connectivity index (χ0n) is 11.6. The average Bonchev–Trinajstić information content (AvgIpc) is 2.18. The highest BCUT2D eigenvalue weighted by molar-refractivity contribution is 4.92. The molecule has 0 amide bonds. The van der Waals surface area contributed by atoms with Crippen molar-refractivity contribution in [2.45, 2.75) is 53.4 Å². The van der Waals surface area contributed by atoms with E-state index in [-0.39, 0.29) is 0 Å². The number of rotatable bonds is 6. The maximum atomic E-state index is 3.79. The van der Waals surface area contributed by atoms with Crippen LogP contribution in [-0.2, 0) is 0 Å². The van der Waals surface area contributed by atoms with Gasteiger partial charge in [0.25, 0.3) is 0 Å². The Morgan fingerprint density at radius 2 is 1.12 bits per heavy atom. The van der Waals surface area contributed by atoms with E-state index < -0.39 is 0 Å². The predicted octanol–water partition coefficient (Wildman–Crippen LogP) is 5.84. The van der Waals surface area contributed by atoms with Crippen LogP contribution in [0.15, 0.2) is 48.6 Å². The molecule has 0 aromatic heterocycles. The molecule has 0 heterocycles. The zero-order valence-corrected chi connectivity index (χ0v) is 11.6. The number of hydrogen-bond donors (Lipinski definition) is 0. The lowest BCUT2D eigenvalue weighted by Crippen LogP contribution is -1.69. The molecular weight excluding hydrogens is 192 g/mol. The van der Waals surface area contributed by atoms with E-state index in [2.05, 4.69) is 51.3 Å². The van der Waals surface area contributed by atoms with Crippen molar-refractivity contribution in [1.29, 1.82) is 0 Å². The standard InChI is InChI=1S/2C8H14/c2*1-4-5-6-7-8(2)3/h2*4-5H,2,6-7H2,1,3H3. The molecule has 0 atom stereocenters. The largest absolute Gasteiger partial charge is 0.100 e.